The Labute approximate surface area is 172 Å². The van der Waals surface area contributed by atoms with Gasteiger partial charge >= 0.3 is 0 Å². The fourth-order valence-corrected chi connectivity index (χ4v) is 3.67. The molecule has 1 N–H and O–H groups in total. The molecule has 0 heterocycles. The largest absolute Gasteiger partial charge is 0.370 e. The highest BCUT2D eigenvalue weighted by molar-refractivity contribution is 9.09. The first-order valence-corrected chi connectivity index (χ1v) is 10.8. The summed E-state index contributed by atoms with van der Waals surface area (Å²) in [6.45, 7) is 10.2. The van der Waals surface area contributed by atoms with Crippen molar-refractivity contribution in [3.63, 3.8) is 0 Å². The van der Waals surface area contributed by atoms with Gasteiger partial charge in [0.15, 0.2) is 0 Å². The molecule has 0 fully saturated rings. The number of alkyl halides is 1. The Morgan fingerprint density at radius 2 is 1.52 bits per heavy atom. The first kappa shape index (κ1) is 21.5. The standard InChI is InChI=1S/C23H31BrN2O/c1-17(2)20-11-8-12-21(18(3)4)23(20)25-22(27)13-15-26(16-14-24)19-9-6-5-7-10-19/h5-12,17-18H,13-16H2,1-4H3,(H,25,27). The number of anilines is 2. The molecule has 2 aromatic rings. The summed E-state index contributed by atoms with van der Waals surface area (Å²) in [5.74, 6) is 0.807. The molecule has 0 aliphatic rings. The molecule has 2 rings (SSSR count). The number of halogens is 1. The number of amides is 1. The molecule has 0 bridgehead atoms. The highest BCUT2D eigenvalue weighted by atomic mass is 79.9. The zero-order chi connectivity index (χ0) is 19.8. The van der Waals surface area contributed by atoms with E-state index in [-0.39, 0.29) is 5.91 Å². The fourth-order valence-electron chi connectivity index (χ4n) is 3.24. The molecule has 2 aromatic carbocycles. The molecule has 0 saturated carbocycles. The predicted molar refractivity (Wildman–Crippen MR) is 120 cm³/mol. The van der Waals surface area contributed by atoms with E-state index in [1.54, 1.807) is 0 Å². The molecule has 4 heteroatoms. The van der Waals surface area contributed by atoms with Crippen LogP contribution in [0.4, 0.5) is 11.4 Å². The van der Waals surface area contributed by atoms with Crippen LogP contribution in [0.25, 0.3) is 0 Å². The number of carbonyl (C=O) groups is 1. The third-order valence-electron chi connectivity index (χ3n) is 4.72. The number of benzene rings is 2. The van der Waals surface area contributed by atoms with Gasteiger partial charge in [-0.15, -0.1) is 0 Å². The van der Waals surface area contributed by atoms with Crippen LogP contribution in [-0.2, 0) is 4.79 Å². The van der Waals surface area contributed by atoms with Crippen LogP contribution in [-0.4, -0.2) is 24.3 Å². The van der Waals surface area contributed by atoms with Crippen molar-refractivity contribution >= 4 is 33.2 Å². The number of rotatable bonds is 9. The summed E-state index contributed by atoms with van der Waals surface area (Å²) in [4.78, 5) is 15.0. The minimum Gasteiger partial charge on any atom is -0.370 e. The maximum Gasteiger partial charge on any atom is 0.226 e. The number of hydrogen-bond donors (Lipinski definition) is 1. The lowest BCUT2D eigenvalue weighted by Gasteiger charge is -2.24. The van der Waals surface area contributed by atoms with E-state index in [9.17, 15) is 4.79 Å². The molecular formula is C23H31BrN2O. The number of nitrogens with zero attached hydrogens (tertiary/aromatic N) is 1. The highest BCUT2D eigenvalue weighted by Crippen LogP contribution is 2.32. The van der Waals surface area contributed by atoms with Gasteiger partial charge < -0.3 is 10.2 Å². The SMILES string of the molecule is CC(C)c1cccc(C(C)C)c1NC(=O)CCN(CCBr)c1ccccc1. The van der Waals surface area contributed by atoms with Gasteiger partial charge in [-0.25, -0.2) is 0 Å². The molecule has 0 aliphatic carbocycles. The number of para-hydroxylation sites is 2. The topological polar surface area (TPSA) is 32.3 Å². The van der Waals surface area contributed by atoms with E-state index in [1.165, 1.54) is 11.1 Å². The van der Waals surface area contributed by atoms with Crippen molar-refractivity contribution in [2.75, 3.05) is 28.6 Å². The number of carbonyl (C=O) groups excluding carboxylic acids is 1. The van der Waals surface area contributed by atoms with E-state index in [0.29, 0.717) is 24.8 Å². The third kappa shape index (κ3) is 6.10. The second kappa shape index (κ2) is 10.5. The highest BCUT2D eigenvalue weighted by Gasteiger charge is 2.16. The Bertz CT molecular complexity index is 702. The van der Waals surface area contributed by atoms with Crippen LogP contribution in [0, 0.1) is 0 Å². The molecule has 0 spiro atoms. The lowest BCUT2D eigenvalue weighted by Crippen LogP contribution is -2.29. The summed E-state index contributed by atoms with van der Waals surface area (Å²) >= 11 is 3.52. The van der Waals surface area contributed by atoms with Gasteiger partial charge in [0.05, 0.1) is 0 Å². The first-order chi connectivity index (χ1) is 12.9. The lowest BCUT2D eigenvalue weighted by molar-refractivity contribution is -0.116. The van der Waals surface area contributed by atoms with E-state index in [2.05, 4.69) is 84.2 Å². The van der Waals surface area contributed by atoms with Gasteiger partial charge in [0.1, 0.15) is 0 Å². The molecule has 0 aromatic heterocycles. The van der Waals surface area contributed by atoms with E-state index < -0.39 is 0 Å². The third-order valence-corrected chi connectivity index (χ3v) is 5.08. The first-order valence-electron chi connectivity index (χ1n) is 9.72. The molecule has 0 radical (unpaired) electrons. The van der Waals surface area contributed by atoms with E-state index in [1.807, 2.05) is 18.2 Å². The van der Waals surface area contributed by atoms with Gasteiger partial charge in [0.25, 0.3) is 0 Å². The van der Waals surface area contributed by atoms with Crippen LogP contribution in [0.2, 0.25) is 0 Å². The Kier molecular flexibility index (Phi) is 8.36. The molecule has 0 aliphatic heterocycles. The van der Waals surface area contributed by atoms with Crippen molar-refractivity contribution in [1.29, 1.82) is 0 Å². The molecule has 1 amide bonds. The smallest absolute Gasteiger partial charge is 0.226 e. The van der Waals surface area contributed by atoms with Crippen LogP contribution in [0.3, 0.4) is 0 Å². The number of nitrogens with one attached hydrogen (secondary N) is 1. The average molecular weight is 431 g/mol. The normalized spacial score (nSPS) is 11.1. The Balaban J connectivity index is 2.11. The van der Waals surface area contributed by atoms with Crippen molar-refractivity contribution in [3.05, 3.63) is 59.7 Å². The van der Waals surface area contributed by atoms with Crippen LogP contribution in [0.1, 0.15) is 57.1 Å². The molecular weight excluding hydrogens is 400 g/mol. The summed E-state index contributed by atoms with van der Waals surface area (Å²) in [6, 6.07) is 16.6. The zero-order valence-corrected chi connectivity index (χ0v) is 18.4. The van der Waals surface area contributed by atoms with Crippen molar-refractivity contribution in [2.45, 2.75) is 46.0 Å². The van der Waals surface area contributed by atoms with Crippen molar-refractivity contribution < 1.29 is 4.79 Å². The second-order valence-corrected chi connectivity index (χ2v) is 8.22. The Morgan fingerprint density at radius 3 is 2.04 bits per heavy atom. The van der Waals surface area contributed by atoms with Crippen LogP contribution in [0.5, 0.6) is 0 Å². The maximum absolute atomic E-state index is 12.8. The van der Waals surface area contributed by atoms with E-state index >= 15 is 0 Å². The van der Waals surface area contributed by atoms with Crippen molar-refractivity contribution in [3.8, 4) is 0 Å². The summed E-state index contributed by atoms with van der Waals surface area (Å²) in [6.07, 6.45) is 0.464. The minimum absolute atomic E-state index is 0.0699. The minimum atomic E-state index is 0.0699. The van der Waals surface area contributed by atoms with Gasteiger partial charge in [-0.1, -0.05) is 80.0 Å². The van der Waals surface area contributed by atoms with Crippen LogP contribution < -0.4 is 10.2 Å². The maximum atomic E-state index is 12.8. The van der Waals surface area contributed by atoms with Gasteiger partial charge in [-0.05, 0) is 35.1 Å². The Hall–Kier alpha value is -1.81. The molecule has 0 atom stereocenters. The average Bonchev–Trinajstić information content (AvgIpc) is 2.65. The van der Waals surface area contributed by atoms with E-state index in [4.69, 9.17) is 0 Å². The van der Waals surface area contributed by atoms with Gasteiger partial charge in [0, 0.05) is 36.2 Å². The lowest BCUT2D eigenvalue weighted by atomic mass is 9.92. The monoisotopic (exact) mass is 430 g/mol. The number of hydrogen-bond acceptors (Lipinski definition) is 2. The van der Waals surface area contributed by atoms with Crippen LogP contribution in [0.15, 0.2) is 48.5 Å². The molecule has 0 saturated heterocycles. The summed E-state index contributed by atoms with van der Waals surface area (Å²) < 4.78 is 0. The van der Waals surface area contributed by atoms with E-state index in [0.717, 1.165) is 23.2 Å². The summed E-state index contributed by atoms with van der Waals surface area (Å²) in [5, 5.41) is 4.09. The van der Waals surface area contributed by atoms with Gasteiger partial charge in [0.2, 0.25) is 5.91 Å². The molecule has 146 valence electrons. The molecule has 0 unspecified atom stereocenters. The van der Waals surface area contributed by atoms with Gasteiger partial charge in [-0.3, -0.25) is 4.79 Å². The second-order valence-electron chi connectivity index (χ2n) is 7.43. The predicted octanol–water partition coefficient (Wildman–Crippen LogP) is 6.16. The quantitative estimate of drug-likeness (QED) is 0.482. The fraction of sp³-hybridized carbons (Fsp3) is 0.435. The van der Waals surface area contributed by atoms with Gasteiger partial charge in [-0.2, -0.15) is 0 Å². The zero-order valence-electron chi connectivity index (χ0n) is 16.8. The molecule has 27 heavy (non-hydrogen) atoms. The summed E-state index contributed by atoms with van der Waals surface area (Å²) in [5.41, 5.74) is 4.55. The van der Waals surface area contributed by atoms with Crippen molar-refractivity contribution in [2.24, 2.45) is 0 Å². The van der Waals surface area contributed by atoms with Crippen LogP contribution >= 0.6 is 15.9 Å². The Morgan fingerprint density at radius 1 is 0.926 bits per heavy atom. The molecule has 3 nitrogen and oxygen atoms in total. The summed E-state index contributed by atoms with van der Waals surface area (Å²) in [7, 11) is 0. The van der Waals surface area contributed by atoms with Crippen molar-refractivity contribution in [1.82, 2.24) is 0 Å².